The average molecular weight is 512 g/mol. The first-order valence-corrected chi connectivity index (χ1v) is 12.3. The Morgan fingerprint density at radius 3 is 2.34 bits per heavy atom. The van der Waals surface area contributed by atoms with Gasteiger partial charge in [-0.3, -0.25) is 4.55 Å². The van der Waals surface area contributed by atoms with Crippen LogP contribution in [0.3, 0.4) is 0 Å². The van der Waals surface area contributed by atoms with Crippen LogP contribution in [-0.4, -0.2) is 75.0 Å². The van der Waals surface area contributed by atoms with Gasteiger partial charge in [-0.2, -0.15) is 13.1 Å². The maximum absolute atomic E-state index is 12.4. The van der Waals surface area contributed by atoms with Gasteiger partial charge >= 0.3 is 16.3 Å². The summed E-state index contributed by atoms with van der Waals surface area (Å²) >= 11 is 0. The number of esters is 1. The van der Waals surface area contributed by atoms with Crippen LogP contribution in [0.1, 0.15) is 22.8 Å². The molecule has 3 N–H and O–H groups in total. The minimum absolute atomic E-state index is 0.0136. The van der Waals surface area contributed by atoms with E-state index < -0.39 is 46.9 Å². The molecule has 0 aliphatic carbocycles. The number of methoxy groups -OCH3 is 1. The number of aliphatic hydroxyl groups excluding tert-OH is 1. The van der Waals surface area contributed by atoms with E-state index in [2.05, 4.69) is 4.72 Å². The van der Waals surface area contributed by atoms with E-state index in [9.17, 15) is 22.9 Å². The standard InChI is InChI=1S/C23H29NO10S/c1-3-31-21-19(24-35(27,28)29)20(32-13-15-9-11-17(30-2)12-10-15)18(34-23(21)26)14-33-22(25)16-7-5-4-6-8-16/h4-12,18-21,23-24,26H,3,13-14H2,1-2H3,(H,27,28,29)/t18-,19-,20-,21+,23+/m1/s1. The van der Waals surface area contributed by atoms with Gasteiger partial charge < -0.3 is 28.8 Å². The number of nitrogens with one attached hydrogen (secondary N) is 1. The molecule has 1 heterocycles. The number of hydrogen-bond donors (Lipinski definition) is 3. The molecule has 0 bridgehead atoms. The maximum atomic E-state index is 12.4. The Bertz CT molecular complexity index is 1050. The minimum Gasteiger partial charge on any atom is -0.497 e. The van der Waals surface area contributed by atoms with Crippen LogP contribution < -0.4 is 9.46 Å². The van der Waals surface area contributed by atoms with Gasteiger partial charge in [0.15, 0.2) is 6.29 Å². The fourth-order valence-corrected chi connectivity index (χ4v) is 4.30. The lowest BCUT2D eigenvalue weighted by Crippen LogP contribution is -2.66. The molecule has 12 heteroatoms. The van der Waals surface area contributed by atoms with E-state index >= 15 is 0 Å². The van der Waals surface area contributed by atoms with Gasteiger partial charge in [-0.25, -0.2) is 4.79 Å². The summed E-state index contributed by atoms with van der Waals surface area (Å²) in [5, 5.41) is 10.5. The number of rotatable bonds is 11. The highest BCUT2D eigenvalue weighted by Gasteiger charge is 2.48. The highest BCUT2D eigenvalue weighted by Crippen LogP contribution is 2.27. The van der Waals surface area contributed by atoms with Crippen molar-refractivity contribution in [1.82, 2.24) is 4.72 Å². The zero-order valence-electron chi connectivity index (χ0n) is 19.3. The van der Waals surface area contributed by atoms with Crippen molar-refractivity contribution in [3.05, 3.63) is 65.7 Å². The Morgan fingerprint density at radius 1 is 1.06 bits per heavy atom. The summed E-state index contributed by atoms with van der Waals surface area (Å²) in [5.74, 6) is 0.00900. The van der Waals surface area contributed by atoms with E-state index in [1.807, 2.05) is 0 Å². The zero-order valence-corrected chi connectivity index (χ0v) is 20.1. The predicted molar refractivity (Wildman–Crippen MR) is 123 cm³/mol. The van der Waals surface area contributed by atoms with E-state index in [0.717, 1.165) is 5.56 Å². The van der Waals surface area contributed by atoms with Crippen LogP contribution in [0, 0.1) is 0 Å². The minimum atomic E-state index is -4.72. The van der Waals surface area contributed by atoms with E-state index in [-0.39, 0.29) is 19.8 Å². The van der Waals surface area contributed by atoms with Crippen LogP contribution in [-0.2, 0) is 35.9 Å². The van der Waals surface area contributed by atoms with Crippen molar-refractivity contribution >= 4 is 16.3 Å². The first-order valence-electron chi connectivity index (χ1n) is 10.9. The molecule has 0 radical (unpaired) electrons. The Balaban J connectivity index is 1.83. The summed E-state index contributed by atoms with van der Waals surface area (Å²) < 4.78 is 62.6. The molecule has 1 aliphatic rings. The maximum Gasteiger partial charge on any atom is 0.338 e. The first kappa shape index (κ1) is 27.0. The van der Waals surface area contributed by atoms with Gasteiger partial charge in [0.05, 0.1) is 25.3 Å². The van der Waals surface area contributed by atoms with Crippen LogP contribution in [0.15, 0.2) is 54.6 Å². The van der Waals surface area contributed by atoms with Crippen molar-refractivity contribution in [2.45, 2.75) is 44.2 Å². The van der Waals surface area contributed by atoms with E-state index in [1.165, 1.54) is 7.11 Å². The lowest BCUT2D eigenvalue weighted by atomic mass is 9.96. The Kier molecular flexibility index (Phi) is 9.57. The molecular weight excluding hydrogens is 482 g/mol. The first-order chi connectivity index (χ1) is 16.7. The zero-order chi connectivity index (χ0) is 25.4. The van der Waals surface area contributed by atoms with Crippen LogP contribution in [0.2, 0.25) is 0 Å². The second-order valence-electron chi connectivity index (χ2n) is 7.69. The van der Waals surface area contributed by atoms with Gasteiger partial charge in [0.25, 0.3) is 0 Å². The largest absolute Gasteiger partial charge is 0.497 e. The smallest absolute Gasteiger partial charge is 0.338 e. The van der Waals surface area contributed by atoms with Crippen LogP contribution in [0.5, 0.6) is 5.75 Å². The number of carbonyl (C=O) groups is 1. The van der Waals surface area contributed by atoms with E-state index in [1.54, 1.807) is 61.5 Å². The van der Waals surface area contributed by atoms with Crippen LogP contribution in [0.25, 0.3) is 0 Å². The number of carbonyl (C=O) groups excluding carboxylic acids is 1. The molecule has 0 aromatic heterocycles. The average Bonchev–Trinajstić information content (AvgIpc) is 2.84. The molecule has 1 saturated heterocycles. The Hall–Kier alpha value is -2.58. The predicted octanol–water partition coefficient (Wildman–Crippen LogP) is 1.32. The molecular formula is C23H29NO10S. The SMILES string of the molecule is CCO[C@H]1[C@H](NS(=O)(=O)O)[C@H](OCc2ccc(OC)cc2)[C@@H](COC(=O)c2ccccc2)O[C@@H]1O. The molecule has 0 spiro atoms. The summed E-state index contributed by atoms with van der Waals surface area (Å²) in [6.45, 7) is 1.42. The Morgan fingerprint density at radius 2 is 1.74 bits per heavy atom. The molecule has 11 nitrogen and oxygen atoms in total. The van der Waals surface area contributed by atoms with Crippen molar-refractivity contribution in [3.8, 4) is 5.75 Å². The van der Waals surface area contributed by atoms with Gasteiger partial charge in [0.2, 0.25) is 0 Å². The van der Waals surface area contributed by atoms with Gasteiger partial charge in [-0.15, -0.1) is 0 Å². The van der Waals surface area contributed by atoms with Gasteiger partial charge in [-0.05, 0) is 36.8 Å². The molecule has 192 valence electrons. The van der Waals surface area contributed by atoms with Crippen molar-refractivity contribution in [3.63, 3.8) is 0 Å². The number of benzene rings is 2. The molecule has 5 atom stereocenters. The Labute approximate surface area is 203 Å². The molecule has 35 heavy (non-hydrogen) atoms. The summed E-state index contributed by atoms with van der Waals surface area (Å²) in [4.78, 5) is 12.4. The molecule has 0 saturated carbocycles. The highest BCUT2D eigenvalue weighted by molar-refractivity contribution is 7.83. The fourth-order valence-electron chi connectivity index (χ4n) is 3.69. The fraction of sp³-hybridized carbons (Fsp3) is 0.435. The lowest BCUT2D eigenvalue weighted by Gasteiger charge is -2.44. The van der Waals surface area contributed by atoms with E-state index in [0.29, 0.717) is 11.3 Å². The van der Waals surface area contributed by atoms with Crippen molar-refractivity contribution < 1.29 is 46.6 Å². The van der Waals surface area contributed by atoms with Crippen molar-refractivity contribution in [2.75, 3.05) is 20.3 Å². The molecule has 2 aromatic carbocycles. The van der Waals surface area contributed by atoms with Gasteiger partial charge in [0.1, 0.15) is 30.7 Å². The molecule has 0 unspecified atom stereocenters. The van der Waals surface area contributed by atoms with Crippen molar-refractivity contribution in [1.29, 1.82) is 0 Å². The molecule has 3 rings (SSSR count). The van der Waals surface area contributed by atoms with Crippen LogP contribution in [0.4, 0.5) is 0 Å². The number of aliphatic hydroxyl groups is 1. The third kappa shape index (κ3) is 7.70. The van der Waals surface area contributed by atoms with E-state index in [4.69, 9.17) is 23.7 Å². The number of hydrogen-bond acceptors (Lipinski definition) is 9. The van der Waals surface area contributed by atoms with Crippen LogP contribution >= 0.6 is 0 Å². The number of ether oxygens (including phenoxy) is 5. The van der Waals surface area contributed by atoms with Crippen molar-refractivity contribution in [2.24, 2.45) is 0 Å². The normalized spacial score (nSPS) is 24.6. The highest BCUT2D eigenvalue weighted by atomic mass is 32.2. The summed E-state index contributed by atoms with van der Waals surface area (Å²) in [7, 11) is -3.18. The second kappa shape index (κ2) is 12.4. The third-order valence-corrected chi connectivity index (χ3v) is 5.87. The second-order valence-corrected chi connectivity index (χ2v) is 8.88. The summed E-state index contributed by atoms with van der Waals surface area (Å²) in [6.07, 6.45) is -4.99. The molecule has 1 aliphatic heterocycles. The third-order valence-electron chi connectivity index (χ3n) is 5.30. The summed E-state index contributed by atoms with van der Waals surface area (Å²) in [6, 6.07) is 14.0. The molecule has 1 fully saturated rings. The molecule has 0 amide bonds. The van der Waals surface area contributed by atoms with Gasteiger partial charge in [-0.1, -0.05) is 30.3 Å². The monoisotopic (exact) mass is 511 g/mol. The van der Waals surface area contributed by atoms with Gasteiger partial charge in [0, 0.05) is 6.61 Å². The lowest BCUT2D eigenvalue weighted by molar-refractivity contribution is -0.277. The quantitative estimate of drug-likeness (QED) is 0.298. The summed E-state index contributed by atoms with van der Waals surface area (Å²) in [5.41, 5.74) is 1.04. The topological polar surface area (TPSA) is 150 Å². The molecule has 2 aromatic rings.